The molecule has 1 saturated heterocycles. The van der Waals surface area contributed by atoms with E-state index in [-0.39, 0.29) is 11.8 Å². The number of hydrogen-bond acceptors (Lipinski definition) is 5. The third-order valence-corrected chi connectivity index (χ3v) is 5.04. The van der Waals surface area contributed by atoms with Gasteiger partial charge in [0.15, 0.2) is 0 Å². The van der Waals surface area contributed by atoms with E-state index in [2.05, 4.69) is 19.9 Å². The summed E-state index contributed by atoms with van der Waals surface area (Å²) in [6.45, 7) is 2.20. The zero-order valence-electron chi connectivity index (χ0n) is 13.2. The highest BCUT2D eigenvalue weighted by atomic mass is 32.1. The molecule has 0 unspecified atom stereocenters. The van der Waals surface area contributed by atoms with Crippen LogP contribution in [0, 0.1) is 0 Å². The second-order valence-corrected chi connectivity index (χ2v) is 6.71. The fourth-order valence-electron chi connectivity index (χ4n) is 3.25. The monoisotopic (exact) mass is 342 g/mol. The van der Waals surface area contributed by atoms with Crippen LogP contribution in [-0.2, 0) is 6.54 Å². The molecule has 3 aromatic heterocycles. The fourth-order valence-corrected chi connectivity index (χ4v) is 3.80. The summed E-state index contributed by atoms with van der Waals surface area (Å²) in [6, 6.07) is 1.72. The van der Waals surface area contributed by atoms with Gasteiger partial charge in [0.05, 0.1) is 29.6 Å². The molecule has 3 aromatic rings. The van der Waals surface area contributed by atoms with E-state index in [1.165, 1.54) is 12.5 Å². The van der Waals surface area contributed by atoms with Crippen molar-refractivity contribution in [1.82, 2.24) is 19.4 Å². The molecule has 7 heteroatoms. The van der Waals surface area contributed by atoms with E-state index in [9.17, 15) is 4.79 Å². The number of hydrogen-bond donors (Lipinski definition) is 0. The molecular weight excluding hydrogens is 324 g/mol. The average molecular weight is 342 g/mol. The number of carbonyl (C=O) groups excluding carboxylic acids is 1. The molecule has 0 radical (unpaired) electrons. The van der Waals surface area contributed by atoms with E-state index in [4.69, 9.17) is 4.42 Å². The minimum atomic E-state index is 0.0334. The Morgan fingerprint density at radius 2 is 2.38 bits per heavy atom. The van der Waals surface area contributed by atoms with Crippen molar-refractivity contribution in [2.75, 3.05) is 13.1 Å². The third kappa shape index (κ3) is 2.99. The number of thiazole rings is 1. The highest BCUT2D eigenvalue weighted by molar-refractivity contribution is 7.07. The van der Waals surface area contributed by atoms with Crippen molar-refractivity contribution in [1.29, 1.82) is 0 Å². The zero-order chi connectivity index (χ0) is 16.4. The zero-order valence-corrected chi connectivity index (χ0v) is 14.0. The SMILES string of the molecule is O=C(c1ccoc1)N1CCC[C@@H](c2nccn2Cc2cscn2)C1. The summed E-state index contributed by atoms with van der Waals surface area (Å²) in [4.78, 5) is 23.4. The summed E-state index contributed by atoms with van der Waals surface area (Å²) in [6.07, 6.45) is 8.90. The van der Waals surface area contributed by atoms with Crippen LogP contribution in [-0.4, -0.2) is 38.4 Å². The summed E-state index contributed by atoms with van der Waals surface area (Å²) in [7, 11) is 0. The Balaban J connectivity index is 1.50. The maximum Gasteiger partial charge on any atom is 0.257 e. The Kier molecular flexibility index (Phi) is 4.17. The number of amides is 1. The predicted molar refractivity (Wildman–Crippen MR) is 90.0 cm³/mol. The van der Waals surface area contributed by atoms with Crippen molar-refractivity contribution >= 4 is 17.2 Å². The van der Waals surface area contributed by atoms with Crippen LogP contribution in [0.2, 0.25) is 0 Å². The molecule has 0 bridgehead atoms. The Morgan fingerprint density at radius 3 is 3.17 bits per heavy atom. The van der Waals surface area contributed by atoms with Gasteiger partial charge in [0.1, 0.15) is 12.1 Å². The van der Waals surface area contributed by atoms with Crippen LogP contribution in [0.25, 0.3) is 0 Å². The molecule has 0 N–H and O–H groups in total. The molecule has 0 aliphatic carbocycles. The number of carbonyl (C=O) groups is 1. The van der Waals surface area contributed by atoms with E-state index in [0.717, 1.165) is 37.4 Å². The highest BCUT2D eigenvalue weighted by Gasteiger charge is 2.28. The van der Waals surface area contributed by atoms with Gasteiger partial charge in [-0.25, -0.2) is 9.97 Å². The Labute approximate surface area is 143 Å². The molecule has 1 fully saturated rings. The standard InChI is InChI=1S/C17H18N4O2S/c22-17(14-3-7-23-10-14)21-5-1-2-13(8-21)16-18-4-6-20(16)9-15-11-24-12-19-15/h3-4,6-7,10-13H,1-2,5,8-9H2/t13-/m1/s1. The number of piperidine rings is 1. The normalized spacial score (nSPS) is 18.0. The molecule has 0 saturated carbocycles. The lowest BCUT2D eigenvalue weighted by Crippen LogP contribution is -2.39. The summed E-state index contributed by atoms with van der Waals surface area (Å²) in [5.74, 6) is 1.32. The van der Waals surface area contributed by atoms with Crippen LogP contribution in [0.3, 0.4) is 0 Å². The van der Waals surface area contributed by atoms with Crippen LogP contribution >= 0.6 is 11.3 Å². The summed E-state index contributed by atoms with van der Waals surface area (Å²) < 4.78 is 7.18. The summed E-state index contributed by atoms with van der Waals surface area (Å²) in [5, 5.41) is 2.05. The molecule has 0 spiro atoms. The largest absolute Gasteiger partial charge is 0.472 e. The lowest BCUT2D eigenvalue weighted by molar-refractivity contribution is 0.0702. The summed E-state index contributed by atoms with van der Waals surface area (Å²) in [5.41, 5.74) is 3.50. The van der Waals surface area contributed by atoms with Crippen LogP contribution < -0.4 is 0 Å². The first-order chi connectivity index (χ1) is 11.8. The number of furan rings is 1. The molecule has 24 heavy (non-hydrogen) atoms. The van der Waals surface area contributed by atoms with Crippen LogP contribution in [0.5, 0.6) is 0 Å². The van der Waals surface area contributed by atoms with Crippen molar-refractivity contribution in [3.05, 3.63) is 59.0 Å². The molecule has 4 rings (SSSR count). The predicted octanol–water partition coefficient (Wildman–Crippen LogP) is 3.00. The van der Waals surface area contributed by atoms with Crippen molar-refractivity contribution in [3.63, 3.8) is 0 Å². The van der Waals surface area contributed by atoms with Crippen LogP contribution in [0.15, 0.2) is 46.3 Å². The van der Waals surface area contributed by atoms with E-state index in [0.29, 0.717) is 12.1 Å². The molecule has 6 nitrogen and oxygen atoms in total. The Morgan fingerprint density at radius 1 is 1.42 bits per heavy atom. The number of rotatable bonds is 4. The quantitative estimate of drug-likeness (QED) is 0.731. The fraction of sp³-hybridized carbons (Fsp3) is 0.353. The van der Waals surface area contributed by atoms with E-state index in [1.54, 1.807) is 17.4 Å². The second-order valence-electron chi connectivity index (χ2n) is 6.00. The maximum absolute atomic E-state index is 12.5. The van der Waals surface area contributed by atoms with E-state index in [1.807, 2.05) is 22.8 Å². The van der Waals surface area contributed by atoms with Crippen molar-refractivity contribution in [2.24, 2.45) is 0 Å². The van der Waals surface area contributed by atoms with Gasteiger partial charge in [0.2, 0.25) is 0 Å². The van der Waals surface area contributed by atoms with Crippen molar-refractivity contribution < 1.29 is 9.21 Å². The van der Waals surface area contributed by atoms with Gasteiger partial charge in [-0.15, -0.1) is 11.3 Å². The average Bonchev–Trinajstić information content (AvgIpc) is 3.37. The smallest absolute Gasteiger partial charge is 0.257 e. The summed E-state index contributed by atoms with van der Waals surface area (Å²) >= 11 is 1.60. The molecular formula is C17H18N4O2S. The van der Waals surface area contributed by atoms with Gasteiger partial charge < -0.3 is 13.9 Å². The number of aromatic nitrogens is 3. The first-order valence-corrected chi connectivity index (χ1v) is 8.95. The van der Waals surface area contributed by atoms with Gasteiger partial charge in [-0.2, -0.15) is 0 Å². The van der Waals surface area contributed by atoms with Gasteiger partial charge in [-0.3, -0.25) is 4.79 Å². The molecule has 4 heterocycles. The molecule has 1 aliphatic heterocycles. The van der Waals surface area contributed by atoms with Gasteiger partial charge in [-0.1, -0.05) is 0 Å². The third-order valence-electron chi connectivity index (χ3n) is 4.41. The number of likely N-dealkylation sites (tertiary alicyclic amines) is 1. The first-order valence-electron chi connectivity index (χ1n) is 8.01. The van der Waals surface area contributed by atoms with E-state index < -0.39 is 0 Å². The van der Waals surface area contributed by atoms with Crippen LogP contribution in [0.1, 0.15) is 40.6 Å². The van der Waals surface area contributed by atoms with E-state index >= 15 is 0 Å². The van der Waals surface area contributed by atoms with Crippen LogP contribution in [0.4, 0.5) is 0 Å². The molecule has 124 valence electrons. The topological polar surface area (TPSA) is 64.2 Å². The molecule has 0 aromatic carbocycles. The lowest BCUT2D eigenvalue weighted by atomic mass is 9.96. The van der Waals surface area contributed by atoms with Gasteiger partial charge in [0.25, 0.3) is 5.91 Å². The number of nitrogens with zero attached hydrogens (tertiary/aromatic N) is 4. The second kappa shape index (κ2) is 6.60. The minimum Gasteiger partial charge on any atom is -0.472 e. The maximum atomic E-state index is 12.5. The van der Waals surface area contributed by atoms with Crippen molar-refractivity contribution in [3.8, 4) is 0 Å². The number of imidazole rings is 1. The Hall–Kier alpha value is -2.41. The van der Waals surface area contributed by atoms with Gasteiger partial charge >= 0.3 is 0 Å². The van der Waals surface area contributed by atoms with Gasteiger partial charge in [0, 0.05) is 36.8 Å². The Bertz CT molecular complexity index is 795. The lowest BCUT2D eigenvalue weighted by Gasteiger charge is -2.32. The molecule has 1 aliphatic rings. The minimum absolute atomic E-state index is 0.0334. The molecule has 1 amide bonds. The molecule has 1 atom stereocenters. The van der Waals surface area contributed by atoms with Crippen molar-refractivity contribution in [2.45, 2.75) is 25.3 Å². The first kappa shape index (κ1) is 15.1. The highest BCUT2D eigenvalue weighted by Crippen LogP contribution is 2.27. The van der Waals surface area contributed by atoms with Gasteiger partial charge in [-0.05, 0) is 18.9 Å².